The molecule has 0 aromatic heterocycles. The zero-order valence-electron chi connectivity index (χ0n) is 22.2. The van der Waals surface area contributed by atoms with Gasteiger partial charge in [0, 0.05) is 17.2 Å². The van der Waals surface area contributed by atoms with Crippen molar-refractivity contribution in [2.24, 2.45) is 5.92 Å². The summed E-state index contributed by atoms with van der Waals surface area (Å²) in [5.74, 6) is -1.84. The molecule has 8 heteroatoms. The lowest BCUT2D eigenvalue weighted by atomic mass is 9.80. The lowest BCUT2D eigenvalue weighted by Crippen LogP contribution is -2.43. The molecule has 4 rings (SSSR count). The number of fused-ring (bicyclic) bond motifs is 3. The average molecular weight is 523 g/mol. The number of allylic oxidation sites excluding steroid dienone is 1. The summed E-state index contributed by atoms with van der Waals surface area (Å²) in [6, 6.07) is 9.28. The average Bonchev–Trinajstić information content (AvgIpc) is 3.42. The van der Waals surface area contributed by atoms with E-state index in [0.717, 1.165) is 5.56 Å². The molecule has 0 amide bonds. The van der Waals surface area contributed by atoms with Gasteiger partial charge in [-0.15, -0.1) is 0 Å². The van der Waals surface area contributed by atoms with Gasteiger partial charge >= 0.3 is 17.9 Å². The van der Waals surface area contributed by atoms with Crippen LogP contribution in [0.3, 0.4) is 0 Å². The third-order valence-corrected chi connectivity index (χ3v) is 7.59. The van der Waals surface area contributed by atoms with Gasteiger partial charge in [0.25, 0.3) is 0 Å². The van der Waals surface area contributed by atoms with Crippen molar-refractivity contribution in [1.82, 2.24) is 0 Å². The summed E-state index contributed by atoms with van der Waals surface area (Å²) in [7, 11) is 0. The number of carbonyl (C=O) groups is 3. The molecule has 4 atom stereocenters. The molecule has 1 aromatic carbocycles. The summed E-state index contributed by atoms with van der Waals surface area (Å²) in [6.07, 6.45) is 6.87. The number of carbonyl (C=O) groups excluding carboxylic acids is 3. The van der Waals surface area contributed by atoms with Crippen molar-refractivity contribution >= 4 is 24.0 Å². The SMILES string of the molecule is C/C=C(\C)C(=O)O[C@H]1C[C@@H](C)[C@@]2(CO)CC[C@](C)(/C=C3/OC(=O)C(COC(=O)/C=C/c4ccccc4)=C31)O2. The minimum absolute atomic E-state index is 0.111. The number of rotatable bonds is 7. The van der Waals surface area contributed by atoms with Gasteiger partial charge in [-0.3, -0.25) is 0 Å². The van der Waals surface area contributed by atoms with Crippen molar-refractivity contribution in [2.75, 3.05) is 13.2 Å². The highest BCUT2D eigenvalue weighted by atomic mass is 16.6. The summed E-state index contributed by atoms with van der Waals surface area (Å²) in [4.78, 5) is 38.3. The van der Waals surface area contributed by atoms with Crippen molar-refractivity contribution in [3.8, 4) is 0 Å². The molecular weight excluding hydrogens is 488 g/mol. The summed E-state index contributed by atoms with van der Waals surface area (Å²) in [6.45, 7) is 6.64. The summed E-state index contributed by atoms with van der Waals surface area (Å²) in [5.41, 5.74) is 0.0823. The van der Waals surface area contributed by atoms with Gasteiger partial charge in [-0.25, -0.2) is 14.4 Å². The standard InChI is InChI=1S/C30H34O8/c1-5-19(2)27(33)36-23-15-20(3)30(18-31)14-13-29(4,38-30)16-24-26(23)22(28(34)37-24)17-35-25(32)12-11-21-9-7-6-8-10-21/h5-12,16,20,23,31H,13-15,17-18H2,1-4H3/b12-11+,19-5+,24-16+/t20-,23+,29-,30+/m1/s1. The molecule has 0 aliphatic carbocycles. The molecule has 1 saturated heterocycles. The summed E-state index contributed by atoms with van der Waals surface area (Å²) >= 11 is 0. The first-order valence-electron chi connectivity index (χ1n) is 12.8. The molecule has 3 aliphatic heterocycles. The Morgan fingerprint density at radius 1 is 1.21 bits per heavy atom. The van der Waals surface area contributed by atoms with Gasteiger partial charge in [0.1, 0.15) is 18.5 Å². The maximum absolute atomic E-state index is 13.0. The monoisotopic (exact) mass is 522 g/mol. The van der Waals surface area contributed by atoms with Gasteiger partial charge in [0.2, 0.25) is 0 Å². The Kier molecular flexibility index (Phi) is 8.04. The third-order valence-electron chi connectivity index (χ3n) is 7.59. The number of ether oxygens (including phenoxy) is 4. The lowest BCUT2D eigenvalue weighted by molar-refractivity contribution is -0.149. The Hall–Kier alpha value is -3.49. The number of aliphatic hydroxyl groups is 1. The van der Waals surface area contributed by atoms with E-state index in [1.165, 1.54) is 6.08 Å². The topological polar surface area (TPSA) is 108 Å². The fourth-order valence-electron chi connectivity index (χ4n) is 5.11. The van der Waals surface area contributed by atoms with Crippen molar-refractivity contribution in [3.05, 3.63) is 76.6 Å². The molecule has 2 bridgehead atoms. The first kappa shape index (κ1) is 27.5. The number of esters is 3. The third kappa shape index (κ3) is 5.66. The molecule has 0 unspecified atom stereocenters. The van der Waals surface area contributed by atoms with Crippen LogP contribution in [-0.4, -0.2) is 53.5 Å². The van der Waals surface area contributed by atoms with Crippen LogP contribution >= 0.6 is 0 Å². The Labute approximate surface area is 222 Å². The predicted molar refractivity (Wildman–Crippen MR) is 139 cm³/mol. The number of hydrogen-bond acceptors (Lipinski definition) is 8. The fraction of sp³-hybridized carbons (Fsp3) is 0.433. The fourth-order valence-corrected chi connectivity index (χ4v) is 5.11. The molecule has 0 saturated carbocycles. The molecule has 202 valence electrons. The van der Waals surface area contributed by atoms with Crippen molar-refractivity contribution < 1.29 is 38.4 Å². The van der Waals surface area contributed by atoms with E-state index in [4.69, 9.17) is 18.9 Å². The van der Waals surface area contributed by atoms with E-state index in [1.54, 1.807) is 32.1 Å². The zero-order valence-corrected chi connectivity index (χ0v) is 22.2. The van der Waals surface area contributed by atoms with Crippen LogP contribution in [0.15, 0.2) is 71.0 Å². The van der Waals surface area contributed by atoms with Crippen molar-refractivity contribution in [1.29, 1.82) is 0 Å². The molecule has 3 aliphatic rings. The van der Waals surface area contributed by atoms with E-state index in [1.807, 2.05) is 44.2 Å². The second-order valence-electron chi connectivity index (χ2n) is 10.3. The normalized spacial score (nSPS) is 30.6. The second kappa shape index (κ2) is 11.1. The van der Waals surface area contributed by atoms with E-state index < -0.39 is 35.2 Å². The molecule has 1 aromatic rings. The number of benzene rings is 1. The van der Waals surface area contributed by atoms with Crippen molar-refractivity contribution in [2.45, 2.75) is 64.3 Å². The molecule has 3 heterocycles. The molecule has 38 heavy (non-hydrogen) atoms. The number of aliphatic hydroxyl groups excluding tert-OH is 1. The van der Waals surface area contributed by atoms with E-state index >= 15 is 0 Å². The molecule has 1 fully saturated rings. The Morgan fingerprint density at radius 3 is 2.63 bits per heavy atom. The minimum Gasteiger partial charge on any atom is -0.457 e. The lowest BCUT2D eigenvalue weighted by Gasteiger charge is -2.36. The van der Waals surface area contributed by atoms with Gasteiger partial charge in [0.05, 0.1) is 23.4 Å². The summed E-state index contributed by atoms with van der Waals surface area (Å²) in [5, 5.41) is 10.3. The van der Waals surface area contributed by atoms with Gasteiger partial charge in [-0.1, -0.05) is 43.3 Å². The highest BCUT2D eigenvalue weighted by Crippen LogP contribution is 2.48. The van der Waals surface area contributed by atoms with Gasteiger partial charge < -0.3 is 24.1 Å². The smallest absolute Gasteiger partial charge is 0.343 e. The molecule has 8 nitrogen and oxygen atoms in total. The van der Waals surface area contributed by atoms with Crippen molar-refractivity contribution in [3.63, 3.8) is 0 Å². The van der Waals surface area contributed by atoms with Crippen LogP contribution in [0.4, 0.5) is 0 Å². The van der Waals surface area contributed by atoms with E-state index in [9.17, 15) is 19.5 Å². The van der Waals surface area contributed by atoms with Gasteiger partial charge in [-0.05, 0) is 63.7 Å². The quantitative estimate of drug-likeness (QED) is 0.323. The second-order valence-corrected chi connectivity index (χ2v) is 10.3. The first-order chi connectivity index (χ1) is 18.1. The molecular formula is C30H34O8. The van der Waals surface area contributed by atoms with Crippen LogP contribution in [0.5, 0.6) is 0 Å². The largest absolute Gasteiger partial charge is 0.457 e. The van der Waals surface area contributed by atoms with Crippen LogP contribution in [0.1, 0.15) is 52.5 Å². The van der Waals surface area contributed by atoms with E-state index in [2.05, 4.69) is 0 Å². The highest BCUT2D eigenvalue weighted by Gasteiger charge is 2.52. The highest BCUT2D eigenvalue weighted by molar-refractivity contribution is 5.96. The van der Waals surface area contributed by atoms with E-state index in [-0.39, 0.29) is 36.9 Å². The maximum Gasteiger partial charge on any atom is 0.343 e. The molecule has 0 spiro atoms. The molecule has 0 radical (unpaired) electrons. The van der Waals surface area contributed by atoms with Gasteiger partial charge in [-0.2, -0.15) is 0 Å². The summed E-state index contributed by atoms with van der Waals surface area (Å²) < 4.78 is 23.4. The zero-order chi connectivity index (χ0) is 27.5. The van der Waals surface area contributed by atoms with Crippen LogP contribution in [-0.2, 0) is 33.3 Å². The van der Waals surface area contributed by atoms with E-state index in [0.29, 0.717) is 24.0 Å². The van der Waals surface area contributed by atoms with Crippen LogP contribution in [0.2, 0.25) is 0 Å². The number of hydrogen-bond donors (Lipinski definition) is 1. The van der Waals surface area contributed by atoms with Crippen LogP contribution in [0, 0.1) is 5.92 Å². The van der Waals surface area contributed by atoms with Crippen LogP contribution in [0.25, 0.3) is 6.08 Å². The Balaban J connectivity index is 1.69. The first-order valence-corrected chi connectivity index (χ1v) is 12.8. The Morgan fingerprint density at radius 2 is 1.95 bits per heavy atom. The Bertz CT molecular complexity index is 1220. The maximum atomic E-state index is 13.0. The minimum atomic E-state index is -0.881. The van der Waals surface area contributed by atoms with Gasteiger partial charge in [0.15, 0.2) is 0 Å². The predicted octanol–water partition coefficient (Wildman–Crippen LogP) is 4.20. The molecule has 1 N–H and O–H groups in total. The van der Waals surface area contributed by atoms with Crippen LogP contribution < -0.4 is 0 Å².